The van der Waals surface area contributed by atoms with Gasteiger partial charge in [0.15, 0.2) is 17.2 Å². The van der Waals surface area contributed by atoms with Crippen molar-refractivity contribution in [2.75, 3.05) is 32.8 Å². The van der Waals surface area contributed by atoms with Gasteiger partial charge in [0.05, 0.1) is 31.9 Å². The molecule has 3 rings (SSSR count). The van der Waals surface area contributed by atoms with Crippen LogP contribution in [0, 0.1) is 0 Å². The molecule has 10 heteroatoms. The van der Waals surface area contributed by atoms with Gasteiger partial charge >= 0.3 is 0 Å². The van der Waals surface area contributed by atoms with Crippen molar-refractivity contribution in [2.45, 2.75) is 13.8 Å². The lowest BCUT2D eigenvalue weighted by molar-refractivity contribution is 0.215. The van der Waals surface area contributed by atoms with E-state index in [9.17, 15) is 0 Å². The summed E-state index contributed by atoms with van der Waals surface area (Å²) in [5.41, 5.74) is 15.2. The quantitative estimate of drug-likeness (QED) is 0.325. The number of nitrogen functional groups attached to an aromatic ring is 1. The molecule has 1 aliphatic rings. The first-order valence-corrected chi connectivity index (χ1v) is 11.1. The molecule has 0 saturated heterocycles. The smallest absolute Gasteiger partial charge is 0.191 e. The molecule has 0 radical (unpaired) electrons. The minimum Gasteiger partial charge on any atom is -0.494 e. The predicted octanol–water partition coefficient (Wildman–Crippen LogP) is 1.42. The number of allylic oxidation sites excluding steroid dienone is 2. The first-order valence-electron chi connectivity index (χ1n) is 9.92. The van der Waals surface area contributed by atoms with Crippen LogP contribution in [0.3, 0.4) is 0 Å². The van der Waals surface area contributed by atoms with Crippen molar-refractivity contribution >= 4 is 34.9 Å². The molecule has 2 heterocycles. The number of methoxy groups -OCH3 is 2. The van der Waals surface area contributed by atoms with Crippen LogP contribution in [0.2, 0.25) is 0 Å². The van der Waals surface area contributed by atoms with Gasteiger partial charge in [-0.25, -0.2) is 4.98 Å². The van der Waals surface area contributed by atoms with Crippen LogP contribution in [-0.2, 0) is 4.74 Å². The number of amidine groups is 1. The van der Waals surface area contributed by atoms with E-state index >= 15 is 0 Å². The molecule has 0 unspecified atom stereocenters. The molecule has 170 valence electrons. The van der Waals surface area contributed by atoms with E-state index in [0.717, 1.165) is 0 Å². The van der Waals surface area contributed by atoms with E-state index in [4.69, 9.17) is 25.7 Å². The maximum absolute atomic E-state index is 6.43. The Bertz CT molecular complexity index is 1190. The third-order valence-corrected chi connectivity index (χ3v) is 5.15. The molecule has 0 spiro atoms. The Balaban J connectivity index is 2.50. The van der Waals surface area contributed by atoms with E-state index in [1.807, 2.05) is 61.1 Å². The fourth-order valence-electron chi connectivity index (χ4n) is 3.35. The molecule has 0 amide bonds. The molecule has 0 atom stereocenters. The van der Waals surface area contributed by atoms with Crippen LogP contribution in [0.15, 0.2) is 46.7 Å². The predicted molar refractivity (Wildman–Crippen MR) is 130 cm³/mol. The molecule has 9 nitrogen and oxygen atoms in total. The maximum Gasteiger partial charge on any atom is 0.191 e. The molecule has 2 aromatic rings. The Labute approximate surface area is 191 Å². The second kappa shape index (κ2) is 10.2. The van der Waals surface area contributed by atoms with Crippen molar-refractivity contribution in [3.05, 3.63) is 53.1 Å². The van der Waals surface area contributed by atoms with Crippen LogP contribution in [0.5, 0.6) is 11.5 Å². The Hall–Kier alpha value is -3.53. The number of hydrogen-bond donors (Lipinski definition) is 3. The number of imidazole rings is 1. The Morgan fingerprint density at radius 1 is 1.25 bits per heavy atom. The van der Waals surface area contributed by atoms with Gasteiger partial charge in [0.2, 0.25) is 0 Å². The van der Waals surface area contributed by atoms with Gasteiger partial charge in [-0.2, -0.15) is 4.40 Å². The van der Waals surface area contributed by atoms with E-state index in [0.29, 0.717) is 63.4 Å². The summed E-state index contributed by atoms with van der Waals surface area (Å²) in [5, 5.41) is 3.85. The molecule has 32 heavy (non-hydrogen) atoms. The summed E-state index contributed by atoms with van der Waals surface area (Å²) in [6.07, 6.45) is 7.45. The van der Waals surface area contributed by atoms with Crippen molar-refractivity contribution in [1.29, 1.82) is 0 Å². The lowest BCUT2D eigenvalue weighted by Crippen LogP contribution is -2.35. The molecule has 0 bridgehead atoms. The molecule has 1 aromatic heterocycles. The monoisotopic (exact) mass is 456 g/mol. The number of dihydropyridines is 1. The van der Waals surface area contributed by atoms with Gasteiger partial charge in [0.1, 0.15) is 23.0 Å². The standard InChI is InChI=1S/C22H28N6O3S/c1-6-31-17-12-7-9-14(25-17)22-26-21(24)18(13(2)20(23)27-32-5)28(22)19-15(29-3)10-8-11-16(19)30-4/h7-12,25H,6H2,1-5H3,(H2,23,27)(H2,24,26)/b18-13+,22-14+. The van der Waals surface area contributed by atoms with Gasteiger partial charge in [-0.1, -0.05) is 12.1 Å². The number of nitrogens with two attached hydrogens (primary N) is 2. The summed E-state index contributed by atoms with van der Waals surface area (Å²) in [6.45, 7) is 4.30. The summed E-state index contributed by atoms with van der Waals surface area (Å²) in [6, 6.07) is 5.54. The first-order chi connectivity index (χ1) is 15.5. The highest BCUT2D eigenvalue weighted by atomic mass is 32.2. The summed E-state index contributed by atoms with van der Waals surface area (Å²) < 4.78 is 23.1. The summed E-state index contributed by atoms with van der Waals surface area (Å²) in [5.74, 6) is 2.41. The van der Waals surface area contributed by atoms with Gasteiger partial charge < -0.3 is 31.0 Å². The average Bonchev–Trinajstić information content (AvgIpc) is 3.15. The summed E-state index contributed by atoms with van der Waals surface area (Å²) in [4.78, 5) is 4.68. The topological polar surface area (TPSA) is 122 Å². The Morgan fingerprint density at radius 2 is 1.94 bits per heavy atom. The fourth-order valence-corrected chi connectivity index (χ4v) is 3.69. The van der Waals surface area contributed by atoms with E-state index < -0.39 is 0 Å². The van der Waals surface area contributed by atoms with Crippen molar-refractivity contribution in [2.24, 2.45) is 10.1 Å². The van der Waals surface area contributed by atoms with E-state index in [1.165, 1.54) is 11.9 Å². The number of ether oxygens (including phenoxy) is 3. The van der Waals surface area contributed by atoms with Crippen LogP contribution < -0.4 is 37.1 Å². The zero-order valence-corrected chi connectivity index (χ0v) is 19.6. The molecular formula is C22H28N6O3S. The molecule has 0 aliphatic carbocycles. The van der Waals surface area contributed by atoms with Gasteiger partial charge in [-0.15, -0.1) is 0 Å². The average molecular weight is 457 g/mol. The van der Waals surface area contributed by atoms with Crippen LogP contribution in [-0.4, -0.2) is 42.5 Å². The number of anilines is 1. The van der Waals surface area contributed by atoms with Crippen molar-refractivity contribution < 1.29 is 14.2 Å². The van der Waals surface area contributed by atoms with Crippen molar-refractivity contribution in [3.8, 4) is 17.2 Å². The lowest BCUT2D eigenvalue weighted by atomic mass is 10.2. The minimum absolute atomic E-state index is 0.292. The third-order valence-electron chi connectivity index (χ3n) is 4.77. The molecule has 0 saturated carbocycles. The zero-order valence-electron chi connectivity index (χ0n) is 18.8. The second-order valence-corrected chi connectivity index (χ2v) is 7.21. The Morgan fingerprint density at radius 3 is 2.53 bits per heavy atom. The summed E-state index contributed by atoms with van der Waals surface area (Å²) >= 11 is 1.27. The highest BCUT2D eigenvalue weighted by Gasteiger charge is 2.21. The van der Waals surface area contributed by atoms with Crippen LogP contribution in [0.25, 0.3) is 17.0 Å². The Kier molecular flexibility index (Phi) is 7.37. The van der Waals surface area contributed by atoms with Crippen LogP contribution in [0.1, 0.15) is 13.8 Å². The van der Waals surface area contributed by atoms with Gasteiger partial charge in [-0.05, 0) is 50.1 Å². The van der Waals surface area contributed by atoms with E-state index in [2.05, 4.69) is 14.7 Å². The maximum atomic E-state index is 6.43. The van der Waals surface area contributed by atoms with Crippen LogP contribution in [0.4, 0.5) is 5.82 Å². The number of aromatic nitrogens is 2. The zero-order chi connectivity index (χ0) is 23.3. The number of para-hydroxylation sites is 1. The fraction of sp³-hybridized carbons (Fsp3) is 0.273. The SMILES string of the molecule is CCOC1=CC=C/C(=c2/nc(N)/c(=C(C)\C(N)=N\SC)n2-c2c(OC)cccc2OC)N1. The molecule has 0 fully saturated rings. The van der Waals surface area contributed by atoms with E-state index in [1.54, 1.807) is 14.2 Å². The normalized spacial score (nSPS) is 16.3. The van der Waals surface area contributed by atoms with Crippen molar-refractivity contribution in [1.82, 2.24) is 14.9 Å². The van der Waals surface area contributed by atoms with E-state index in [-0.39, 0.29) is 0 Å². The second-order valence-electron chi connectivity index (χ2n) is 6.66. The van der Waals surface area contributed by atoms with Crippen LogP contribution >= 0.6 is 11.9 Å². The lowest BCUT2D eigenvalue weighted by Gasteiger charge is -2.18. The summed E-state index contributed by atoms with van der Waals surface area (Å²) in [7, 11) is 3.19. The molecule has 1 aliphatic heterocycles. The number of benzene rings is 1. The third kappa shape index (κ3) is 4.40. The first kappa shape index (κ1) is 23.1. The van der Waals surface area contributed by atoms with Gasteiger partial charge in [0, 0.05) is 11.8 Å². The number of nitrogens with zero attached hydrogens (tertiary/aromatic N) is 3. The highest BCUT2D eigenvalue weighted by Crippen LogP contribution is 2.31. The number of rotatable bonds is 7. The highest BCUT2D eigenvalue weighted by molar-refractivity contribution is 7.97. The number of hydrogen-bond acceptors (Lipinski definition) is 8. The van der Waals surface area contributed by atoms with Gasteiger partial charge in [-0.3, -0.25) is 4.57 Å². The van der Waals surface area contributed by atoms with Crippen molar-refractivity contribution in [3.63, 3.8) is 0 Å². The minimum atomic E-state index is 0.292. The molecular weight excluding hydrogens is 428 g/mol. The largest absolute Gasteiger partial charge is 0.494 e. The number of nitrogens with one attached hydrogen (secondary N) is 1. The molecule has 5 N–H and O–H groups in total. The van der Waals surface area contributed by atoms with Gasteiger partial charge in [0.25, 0.3) is 0 Å². The molecule has 1 aromatic carbocycles.